The van der Waals surface area contributed by atoms with Gasteiger partial charge < -0.3 is 0 Å². The second-order valence-corrected chi connectivity index (χ2v) is 3.87. The van der Waals surface area contributed by atoms with Crippen LogP contribution in [0.15, 0.2) is 42.0 Å². The molecular formula is C13H9ClO2. The van der Waals surface area contributed by atoms with E-state index in [-0.39, 0.29) is 5.03 Å². The molecule has 0 saturated carbocycles. The molecule has 0 aliphatic heterocycles. The Hall–Kier alpha value is -1.67. The molecule has 80 valence electrons. The lowest BCUT2D eigenvalue weighted by Crippen LogP contribution is -2.21. The van der Waals surface area contributed by atoms with Crippen LogP contribution in [0, 0.1) is 0 Å². The SMILES string of the molecule is C=CCC1=C(Cl)C(=O)C(=O)c2ccccc21. The van der Waals surface area contributed by atoms with Crippen LogP contribution in [0.2, 0.25) is 0 Å². The van der Waals surface area contributed by atoms with Crippen LogP contribution in [0.4, 0.5) is 0 Å². The van der Waals surface area contributed by atoms with Gasteiger partial charge in [-0.1, -0.05) is 41.9 Å². The molecule has 1 aliphatic carbocycles. The lowest BCUT2D eigenvalue weighted by Gasteiger charge is -2.17. The van der Waals surface area contributed by atoms with E-state index in [1.54, 1.807) is 24.3 Å². The molecule has 2 rings (SSSR count). The molecule has 0 N–H and O–H groups in total. The van der Waals surface area contributed by atoms with Gasteiger partial charge in [0.15, 0.2) is 0 Å². The van der Waals surface area contributed by atoms with Crippen molar-refractivity contribution < 1.29 is 9.59 Å². The molecule has 3 heteroatoms. The molecular weight excluding hydrogens is 224 g/mol. The van der Waals surface area contributed by atoms with E-state index in [0.717, 1.165) is 5.56 Å². The molecule has 0 bridgehead atoms. The van der Waals surface area contributed by atoms with Gasteiger partial charge in [-0.3, -0.25) is 9.59 Å². The van der Waals surface area contributed by atoms with Gasteiger partial charge in [-0.05, 0) is 17.6 Å². The second-order valence-electron chi connectivity index (χ2n) is 3.49. The molecule has 0 aromatic heterocycles. The standard InChI is InChI=1S/C13H9ClO2/c1-2-5-9-8-6-3-4-7-10(8)12(15)13(16)11(9)14/h2-4,6-7H,1,5H2. The number of fused-ring (bicyclic) bond motifs is 1. The predicted octanol–water partition coefficient (Wildman–Crippen LogP) is 2.98. The van der Waals surface area contributed by atoms with Gasteiger partial charge >= 0.3 is 0 Å². The Bertz CT molecular complexity index is 526. The van der Waals surface area contributed by atoms with Gasteiger partial charge in [-0.25, -0.2) is 0 Å². The van der Waals surface area contributed by atoms with E-state index < -0.39 is 11.6 Å². The van der Waals surface area contributed by atoms with Crippen LogP contribution in [0.5, 0.6) is 0 Å². The van der Waals surface area contributed by atoms with E-state index in [2.05, 4.69) is 6.58 Å². The number of hydrogen-bond acceptors (Lipinski definition) is 2. The summed E-state index contributed by atoms with van der Waals surface area (Å²) in [6.07, 6.45) is 2.15. The normalized spacial score (nSPS) is 15.1. The number of carbonyl (C=O) groups is 2. The first-order valence-corrected chi connectivity index (χ1v) is 5.22. The summed E-state index contributed by atoms with van der Waals surface area (Å²) in [4.78, 5) is 23.3. The molecule has 0 fully saturated rings. The highest BCUT2D eigenvalue weighted by molar-refractivity contribution is 6.64. The first-order valence-electron chi connectivity index (χ1n) is 4.84. The van der Waals surface area contributed by atoms with Gasteiger partial charge in [0.1, 0.15) is 0 Å². The van der Waals surface area contributed by atoms with Crippen LogP contribution >= 0.6 is 11.6 Å². The van der Waals surface area contributed by atoms with Crippen molar-refractivity contribution in [3.63, 3.8) is 0 Å². The summed E-state index contributed by atoms with van der Waals surface area (Å²) in [6.45, 7) is 3.62. The van der Waals surface area contributed by atoms with E-state index in [1.165, 1.54) is 0 Å². The maximum atomic E-state index is 11.7. The molecule has 16 heavy (non-hydrogen) atoms. The van der Waals surface area contributed by atoms with Gasteiger partial charge in [0, 0.05) is 5.56 Å². The average molecular weight is 233 g/mol. The summed E-state index contributed by atoms with van der Waals surface area (Å²) in [7, 11) is 0. The van der Waals surface area contributed by atoms with Gasteiger partial charge in [0.2, 0.25) is 11.6 Å². The summed E-state index contributed by atoms with van der Waals surface area (Å²) < 4.78 is 0. The number of carbonyl (C=O) groups excluding carboxylic acids is 2. The van der Waals surface area contributed by atoms with E-state index in [9.17, 15) is 9.59 Å². The zero-order chi connectivity index (χ0) is 11.7. The van der Waals surface area contributed by atoms with Gasteiger partial charge in [0.25, 0.3) is 0 Å². The van der Waals surface area contributed by atoms with Crippen LogP contribution in [-0.4, -0.2) is 11.6 Å². The first kappa shape index (κ1) is 10.8. The molecule has 0 radical (unpaired) electrons. The molecule has 0 saturated heterocycles. The Kier molecular flexibility index (Phi) is 2.75. The Morgan fingerprint density at radius 3 is 2.38 bits per heavy atom. The van der Waals surface area contributed by atoms with Crippen molar-refractivity contribution in [3.8, 4) is 0 Å². The second kappa shape index (κ2) is 4.06. The van der Waals surface area contributed by atoms with Gasteiger partial charge in [-0.2, -0.15) is 0 Å². The number of Topliss-reactive ketones (excluding diaryl/α,β-unsaturated/α-hetero) is 2. The maximum Gasteiger partial charge on any atom is 0.245 e. The van der Waals surface area contributed by atoms with Gasteiger partial charge in [-0.15, -0.1) is 6.58 Å². The van der Waals surface area contributed by atoms with Crippen molar-refractivity contribution in [3.05, 3.63) is 53.1 Å². The zero-order valence-electron chi connectivity index (χ0n) is 8.50. The Balaban J connectivity index is 2.70. The zero-order valence-corrected chi connectivity index (χ0v) is 9.25. The molecule has 0 heterocycles. The van der Waals surface area contributed by atoms with E-state index in [4.69, 9.17) is 11.6 Å². The quantitative estimate of drug-likeness (QED) is 0.580. The Labute approximate surface area is 98.2 Å². The number of halogens is 1. The predicted molar refractivity (Wildman–Crippen MR) is 63.4 cm³/mol. The number of ketones is 2. The number of allylic oxidation sites excluding steroid dienone is 3. The minimum absolute atomic E-state index is 0.0172. The third kappa shape index (κ3) is 1.51. The fourth-order valence-corrected chi connectivity index (χ4v) is 2.03. The Morgan fingerprint density at radius 1 is 1.12 bits per heavy atom. The summed E-state index contributed by atoms with van der Waals surface area (Å²) in [5.74, 6) is -1.16. The monoisotopic (exact) mass is 232 g/mol. The average Bonchev–Trinajstić information content (AvgIpc) is 2.32. The fraction of sp³-hybridized carbons (Fsp3) is 0.0769. The first-order chi connectivity index (χ1) is 7.66. The van der Waals surface area contributed by atoms with Gasteiger partial charge in [0.05, 0.1) is 5.03 Å². The highest BCUT2D eigenvalue weighted by atomic mass is 35.5. The third-order valence-corrected chi connectivity index (χ3v) is 2.92. The van der Waals surface area contributed by atoms with Crippen molar-refractivity contribution in [1.29, 1.82) is 0 Å². The van der Waals surface area contributed by atoms with Crippen molar-refractivity contribution >= 4 is 28.7 Å². The molecule has 1 aromatic carbocycles. The summed E-state index contributed by atoms with van der Waals surface area (Å²) in [5.41, 5.74) is 1.84. The van der Waals surface area contributed by atoms with Crippen molar-refractivity contribution in [2.75, 3.05) is 0 Å². The van der Waals surface area contributed by atoms with Crippen LogP contribution < -0.4 is 0 Å². The molecule has 0 unspecified atom stereocenters. The number of hydrogen-bond donors (Lipinski definition) is 0. The molecule has 0 amide bonds. The summed E-state index contributed by atoms with van der Waals surface area (Å²) in [5, 5.41) is 0.0172. The largest absolute Gasteiger partial charge is 0.285 e. The van der Waals surface area contributed by atoms with Crippen LogP contribution in [0.1, 0.15) is 22.3 Å². The Morgan fingerprint density at radius 2 is 1.75 bits per heavy atom. The molecule has 1 aliphatic rings. The van der Waals surface area contributed by atoms with E-state index >= 15 is 0 Å². The van der Waals surface area contributed by atoms with Crippen molar-refractivity contribution in [2.45, 2.75) is 6.42 Å². The number of benzene rings is 1. The minimum Gasteiger partial charge on any atom is -0.285 e. The summed E-state index contributed by atoms with van der Waals surface area (Å²) in [6, 6.07) is 6.98. The van der Waals surface area contributed by atoms with E-state index in [1.807, 2.05) is 6.07 Å². The summed E-state index contributed by atoms with van der Waals surface area (Å²) >= 11 is 5.90. The van der Waals surface area contributed by atoms with Crippen LogP contribution in [0.3, 0.4) is 0 Å². The highest BCUT2D eigenvalue weighted by Gasteiger charge is 2.30. The highest BCUT2D eigenvalue weighted by Crippen LogP contribution is 2.33. The van der Waals surface area contributed by atoms with Crippen LogP contribution in [0.25, 0.3) is 5.57 Å². The van der Waals surface area contributed by atoms with Crippen molar-refractivity contribution in [2.24, 2.45) is 0 Å². The maximum absolute atomic E-state index is 11.7. The number of rotatable bonds is 2. The third-order valence-electron chi connectivity index (χ3n) is 2.52. The molecule has 0 spiro atoms. The fourth-order valence-electron chi connectivity index (χ4n) is 1.77. The van der Waals surface area contributed by atoms with Crippen molar-refractivity contribution in [1.82, 2.24) is 0 Å². The van der Waals surface area contributed by atoms with E-state index in [0.29, 0.717) is 17.6 Å². The lowest BCUT2D eigenvalue weighted by atomic mass is 9.87. The molecule has 1 aromatic rings. The smallest absolute Gasteiger partial charge is 0.245 e. The minimum atomic E-state index is -0.628. The lowest BCUT2D eigenvalue weighted by molar-refractivity contribution is -0.111. The van der Waals surface area contributed by atoms with Crippen LogP contribution in [-0.2, 0) is 4.79 Å². The topological polar surface area (TPSA) is 34.1 Å². The molecule has 0 atom stereocenters. The molecule has 2 nitrogen and oxygen atoms in total.